The van der Waals surface area contributed by atoms with Crippen molar-refractivity contribution in [2.75, 3.05) is 12.8 Å². The molecule has 1 unspecified atom stereocenters. The summed E-state index contributed by atoms with van der Waals surface area (Å²) in [7, 11) is 1.71. The van der Waals surface area contributed by atoms with E-state index in [1.165, 1.54) is 12.8 Å². The van der Waals surface area contributed by atoms with E-state index in [0.717, 1.165) is 31.2 Å². The average Bonchev–Trinajstić information content (AvgIpc) is 2.67. The van der Waals surface area contributed by atoms with Crippen LogP contribution in [0.5, 0.6) is 0 Å². The number of nitrogen functional groups attached to an aromatic ring is 1. The smallest absolute Gasteiger partial charge is 0.126 e. The number of methoxy groups -OCH3 is 1. The first-order valence-corrected chi connectivity index (χ1v) is 7.10. The van der Waals surface area contributed by atoms with Crippen molar-refractivity contribution in [1.29, 1.82) is 0 Å². The first kappa shape index (κ1) is 14.3. The second kappa shape index (κ2) is 6.35. The largest absolute Gasteiger partial charge is 0.390 e. The first-order chi connectivity index (χ1) is 9.18. The average molecular weight is 264 g/mol. The minimum Gasteiger partial charge on any atom is -0.390 e. The number of rotatable bonds is 4. The van der Waals surface area contributed by atoms with Crippen molar-refractivity contribution in [2.45, 2.75) is 56.7 Å². The molecule has 1 atom stereocenters. The molecule has 1 saturated carbocycles. The zero-order chi connectivity index (χ0) is 13.7. The number of ether oxygens (including phenoxy) is 1. The molecule has 0 saturated heterocycles. The normalized spacial score (nSPS) is 20.7. The molecule has 0 aromatic carbocycles. The van der Waals surface area contributed by atoms with Gasteiger partial charge in [-0.1, -0.05) is 31.7 Å². The van der Waals surface area contributed by atoms with Crippen LogP contribution in [0, 0.1) is 0 Å². The molecule has 1 aromatic rings. The Labute approximate surface area is 115 Å². The summed E-state index contributed by atoms with van der Waals surface area (Å²) in [5, 5.41) is 10.6. The van der Waals surface area contributed by atoms with Gasteiger partial charge in [0.05, 0.1) is 11.7 Å². The van der Waals surface area contributed by atoms with Crippen LogP contribution in [0.25, 0.3) is 0 Å². The molecule has 1 aliphatic rings. The van der Waals surface area contributed by atoms with Crippen molar-refractivity contribution < 1.29 is 9.84 Å². The van der Waals surface area contributed by atoms with Gasteiger partial charge in [0.2, 0.25) is 0 Å². The summed E-state index contributed by atoms with van der Waals surface area (Å²) < 4.78 is 5.72. The first-order valence-electron chi connectivity index (χ1n) is 7.10. The second-order valence-corrected chi connectivity index (χ2v) is 5.45. The number of nitrogens with two attached hydrogens (primary N) is 1. The number of anilines is 1. The Kier molecular flexibility index (Phi) is 4.77. The Morgan fingerprint density at radius 3 is 2.63 bits per heavy atom. The third-order valence-corrected chi connectivity index (χ3v) is 4.30. The van der Waals surface area contributed by atoms with Gasteiger partial charge in [-0.25, -0.2) is 4.98 Å². The highest BCUT2D eigenvalue weighted by Crippen LogP contribution is 2.34. The SMILES string of the molecule is COC1(C(O)Cc2cccnc2N)CCCCCC1. The third-order valence-electron chi connectivity index (χ3n) is 4.30. The summed E-state index contributed by atoms with van der Waals surface area (Å²) in [6, 6.07) is 3.77. The molecular formula is C15H24N2O2. The second-order valence-electron chi connectivity index (χ2n) is 5.45. The molecule has 2 rings (SSSR count). The zero-order valence-corrected chi connectivity index (χ0v) is 11.6. The molecule has 4 nitrogen and oxygen atoms in total. The van der Waals surface area contributed by atoms with Gasteiger partial charge >= 0.3 is 0 Å². The minimum absolute atomic E-state index is 0.418. The Hall–Kier alpha value is -1.13. The minimum atomic E-state index is -0.526. The van der Waals surface area contributed by atoms with Crippen LogP contribution in [0.1, 0.15) is 44.1 Å². The van der Waals surface area contributed by atoms with Gasteiger partial charge in [-0.15, -0.1) is 0 Å². The molecule has 0 bridgehead atoms. The van der Waals surface area contributed by atoms with Gasteiger partial charge in [0.15, 0.2) is 0 Å². The van der Waals surface area contributed by atoms with Crippen molar-refractivity contribution in [2.24, 2.45) is 0 Å². The van der Waals surface area contributed by atoms with Crippen LogP contribution in [0.2, 0.25) is 0 Å². The molecule has 0 aliphatic heterocycles. The van der Waals surface area contributed by atoms with E-state index in [-0.39, 0.29) is 0 Å². The van der Waals surface area contributed by atoms with E-state index in [2.05, 4.69) is 4.98 Å². The van der Waals surface area contributed by atoms with Crippen molar-refractivity contribution in [3.05, 3.63) is 23.9 Å². The van der Waals surface area contributed by atoms with Gasteiger partial charge in [0.25, 0.3) is 0 Å². The van der Waals surface area contributed by atoms with Crippen LogP contribution in [0.4, 0.5) is 5.82 Å². The Morgan fingerprint density at radius 2 is 2.05 bits per heavy atom. The lowest BCUT2D eigenvalue weighted by molar-refractivity contribution is -0.111. The van der Waals surface area contributed by atoms with Crippen molar-refractivity contribution >= 4 is 5.82 Å². The monoisotopic (exact) mass is 264 g/mol. The Balaban J connectivity index is 2.12. The van der Waals surface area contributed by atoms with Crippen LogP contribution >= 0.6 is 0 Å². The van der Waals surface area contributed by atoms with Crippen molar-refractivity contribution in [1.82, 2.24) is 4.98 Å². The number of hydrogen-bond acceptors (Lipinski definition) is 4. The molecule has 0 radical (unpaired) electrons. The van der Waals surface area contributed by atoms with E-state index in [0.29, 0.717) is 12.2 Å². The molecule has 0 amide bonds. The van der Waals surface area contributed by atoms with Gasteiger partial charge in [-0.05, 0) is 24.5 Å². The molecule has 3 N–H and O–H groups in total. The lowest BCUT2D eigenvalue weighted by atomic mass is 9.85. The summed E-state index contributed by atoms with van der Waals surface area (Å²) in [6.45, 7) is 0. The lowest BCUT2D eigenvalue weighted by Crippen LogP contribution is -2.45. The highest BCUT2D eigenvalue weighted by Gasteiger charge is 2.38. The number of hydrogen-bond donors (Lipinski definition) is 2. The van der Waals surface area contributed by atoms with Gasteiger partial charge in [0.1, 0.15) is 5.82 Å². The van der Waals surface area contributed by atoms with Crippen LogP contribution in [0.15, 0.2) is 18.3 Å². The standard InChI is InChI=1S/C15H24N2O2/c1-19-15(8-4-2-3-5-9-15)13(18)11-12-7-6-10-17-14(12)16/h6-7,10,13,18H,2-5,8-9,11H2,1H3,(H2,16,17). The molecular weight excluding hydrogens is 240 g/mol. The summed E-state index contributed by atoms with van der Waals surface area (Å²) >= 11 is 0. The molecule has 106 valence electrons. The predicted molar refractivity (Wildman–Crippen MR) is 75.8 cm³/mol. The molecule has 1 fully saturated rings. The van der Waals surface area contributed by atoms with E-state index in [9.17, 15) is 5.11 Å². The van der Waals surface area contributed by atoms with Crippen LogP contribution in [0.3, 0.4) is 0 Å². The summed E-state index contributed by atoms with van der Waals surface area (Å²) in [5.41, 5.74) is 6.33. The maximum Gasteiger partial charge on any atom is 0.126 e. The number of aliphatic hydroxyl groups excluding tert-OH is 1. The van der Waals surface area contributed by atoms with Gasteiger partial charge in [-0.2, -0.15) is 0 Å². The Bertz CT molecular complexity index is 401. The number of pyridine rings is 1. The van der Waals surface area contributed by atoms with Crippen molar-refractivity contribution in [3.63, 3.8) is 0 Å². The molecule has 0 spiro atoms. The van der Waals surface area contributed by atoms with Crippen LogP contribution in [-0.2, 0) is 11.2 Å². The van der Waals surface area contributed by atoms with Gasteiger partial charge < -0.3 is 15.6 Å². The fourth-order valence-corrected chi connectivity index (χ4v) is 3.02. The maximum atomic E-state index is 10.6. The molecule has 1 aromatic heterocycles. The molecule has 1 heterocycles. The molecule has 19 heavy (non-hydrogen) atoms. The van der Waals surface area contributed by atoms with E-state index < -0.39 is 11.7 Å². The van der Waals surface area contributed by atoms with Gasteiger partial charge in [0, 0.05) is 19.7 Å². The maximum absolute atomic E-state index is 10.6. The summed E-state index contributed by atoms with van der Waals surface area (Å²) in [6.07, 6.45) is 8.19. The highest BCUT2D eigenvalue weighted by atomic mass is 16.5. The topological polar surface area (TPSA) is 68.4 Å². The summed E-state index contributed by atoms with van der Waals surface area (Å²) in [5.74, 6) is 0.501. The van der Waals surface area contributed by atoms with E-state index in [1.54, 1.807) is 13.3 Å². The van der Waals surface area contributed by atoms with E-state index >= 15 is 0 Å². The fraction of sp³-hybridized carbons (Fsp3) is 0.667. The van der Waals surface area contributed by atoms with Gasteiger partial charge in [-0.3, -0.25) is 0 Å². The zero-order valence-electron chi connectivity index (χ0n) is 11.6. The van der Waals surface area contributed by atoms with Crippen LogP contribution in [-0.4, -0.2) is 28.9 Å². The number of aromatic nitrogens is 1. The highest BCUT2D eigenvalue weighted by molar-refractivity contribution is 5.39. The lowest BCUT2D eigenvalue weighted by Gasteiger charge is -2.36. The molecule has 1 aliphatic carbocycles. The molecule has 4 heteroatoms. The third kappa shape index (κ3) is 3.25. The van der Waals surface area contributed by atoms with E-state index in [1.807, 2.05) is 12.1 Å². The van der Waals surface area contributed by atoms with Crippen molar-refractivity contribution in [3.8, 4) is 0 Å². The number of aliphatic hydroxyl groups is 1. The summed E-state index contributed by atoms with van der Waals surface area (Å²) in [4.78, 5) is 4.07. The fourth-order valence-electron chi connectivity index (χ4n) is 3.02. The van der Waals surface area contributed by atoms with Crippen LogP contribution < -0.4 is 5.73 Å². The quantitative estimate of drug-likeness (QED) is 0.819. The van der Waals surface area contributed by atoms with E-state index in [4.69, 9.17) is 10.5 Å². The predicted octanol–water partition coefficient (Wildman–Crippen LogP) is 2.31. The number of nitrogens with zero attached hydrogens (tertiary/aromatic N) is 1. The Morgan fingerprint density at radius 1 is 1.37 bits per heavy atom.